The molecule has 1 saturated carbocycles. The van der Waals surface area contributed by atoms with Crippen LogP contribution in [0.3, 0.4) is 0 Å². The van der Waals surface area contributed by atoms with Crippen LogP contribution < -0.4 is 10.2 Å². The molecule has 6 nitrogen and oxygen atoms in total. The first-order valence-corrected chi connectivity index (χ1v) is 8.55. The van der Waals surface area contributed by atoms with Gasteiger partial charge in [0.25, 0.3) is 5.91 Å². The molecule has 1 aliphatic carbocycles. The summed E-state index contributed by atoms with van der Waals surface area (Å²) in [7, 11) is 3.82. The first-order valence-electron chi connectivity index (χ1n) is 8.55. The maximum absolute atomic E-state index is 12.6. The van der Waals surface area contributed by atoms with E-state index in [9.17, 15) is 9.90 Å². The standard InChI is InChI=1S/C19H24N4O2/c1-23(2)18-7-6-13(12-21-18)19(25)22-17(14-9-16(24)10-14)11-15-5-3-4-8-20-15/h3-8,12,14,16-17,24H,9-11H2,1-2H3,(H,22,25)/t14?,16?,17-/m0/s1. The van der Waals surface area contributed by atoms with E-state index in [0.717, 1.165) is 24.4 Å². The van der Waals surface area contributed by atoms with Crippen LogP contribution in [-0.4, -0.2) is 47.2 Å². The Balaban J connectivity index is 1.69. The molecule has 1 fully saturated rings. The normalized spacial score (nSPS) is 20.4. The molecule has 0 unspecified atom stereocenters. The Kier molecular flexibility index (Phi) is 5.28. The summed E-state index contributed by atoms with van der Waals surface area (Å²) >= 11 is 0. The van der Waals surface area contributed by atoms with Gasteiger partial charge in [-0.25, -0.2) is 4.98 Å². The zero-order chi connectivity index (χ0) is 17.8. The molecule has 3 rings (SSSR count). The van der Waals surface area contributed by atoms with Crippen molar-refractivity contribution >= 4 is 11.7 Å². The topological polar surface area (TPSA) is 78.4 Å². The Morgan fingerprint density at radius 3 is 2.64 bits per heavy atom. The van der Waals surface area contributed by atoms with Crippen LogP contribution in [0.4, 0.5) is 5.82 Å². The van der Waals surface area contributed by atoms with Crippen molar-refractivity contribution in [3.8, 4) is 0 Å². The van der Waals surface area contributed by atoms with Gasteiger partial charge in [0, 0.05) is 44.6 Å². The molecule has 25 heavy (non-hydrogen) atoms. The molecule has 2 N–H and O–H groups in total. The Bertz CT molecular complexity index is 697. The molecular formula is C19H24N4O2. The predicted octanol–water partition coefficient (Wildman–Crippen LogP) is 1.65. The highest BCUT2D eigenvalue weighted by atomic mass is 16.3. The molecule has 0 spiro atoms. The van der Waals surface area contributed by atoms with Crippen molar-refractivity contribution in [1.29, 1.82) is 0 Å². The number of aromatic nitrogens is 2. The lowest BCUT2D eigenvalue weighted by Gasteiger charge is -2.38. The van der Waals surface area contributed by atoms with Crippen LogP contribution >= 0.6 is 0 Å². The molecule has 132 valence electrons. The fraction of sp³-hybridized carbons (Fsp3) is 0.421. The number of carbonyl (C=O) groups is 1. The Morgan fingerprint density at radius 2 is 2.08 bits per heavy atom. The lowest BCUT2D eigenvalue weighted by Crippen LogP contribution is -2.48. The maximum Gasteiger partial charge on any atom is 0.253 e. The summed E-state index contributed by atoms with van der Waals surface area (Å²) < 4.78 is 0. The van der Waals surface area contributed by atoms with Crippen LogP contribution in [0.1, 0.15) is 28.9 Å². The minimum atomic E-state index is -0.255. The van der Waals surface area contributed by atoms with Gasteiger partial charge in [0.2, 0.25) is 0 Å². The lowest BCUT2D eigenvalue weighted by molar-refractivity contribution is 0.0238. The van der Waals surface area contributed by atoms with Gasteiger partial charge in [0.1, 0.15) is 5.82 Å². The van der Waals surface area contributed by atoms with E-state index in [1.54, 1.807) is 18.5 Å². The largest absolute Gasteiger partial charge is 0.393 e. The van der Waals surface area contributed by atoms with E-state index in [-0.39, 0.29) is 24.0 Å². The summed E-state index contributed by atoms with van der Waals surface area (Å²) in [6, 6.07) is 9.35. The summed E-state index contributed by atoms with van der Waals surface area (Å²) in [6.07, 6.45) is 5.19. The number of anilines is 1. The summed E-state index contributed by atoms with van der Waals surface area (Å²) in [5.41, 5.74) is 1.48. The number of rotatable bonds is 6. The summed E-state index contributed by atoms with van der Waals surface area (Å²) in [5, 5.41) is 12.7. The number of hydrogen-bond donors (Lipinski definition) is 2. The zero-order valence-corrected chi connectivity index (χ0v) is 14.6. The van der Waals surface area contributed by atoms with E-state index in [1.807, 2.05) is 43.3 Å². The molecule has 0 saturated heterocycles. The van der Waals surface area contributed by atoms with Crippen molar-refractivity contribution in [1.82, 2.24) is 15.3 Å². The fourth-order valence-electron chi connectivity index (χ4n) is 3.07. The van der Waals surface area contributed by atoms with Crippen LogP contribution in [0.15, 0.2) is 42.7 Å². The second kappa shape index (κ2) is 7.61. The number of hydrogen-bond acceptors (Lipinski definition) is 5. The van der Waals surface area contributed by atoms with Gasteiger partial charge in [-0.15, -0.1) is 0 Å². The van der Waals surface area contributed by atoms with E-state index in [0.29, 0.717) is 12.0 Å². The fourth-order valence-corrected chi connectivity index (χ4v) is 3.07. The smallest absolute Gasteiger partial charge is 0.253 e. The third-order valence-electron chi connectivity index (χ3n) is 4.66. The summed E-state index contributed by atoms with van der Waals surface area (Å²) in [4.78, 5) is 23.1. The molecule has 1 atom stereocenters. The SMILES string of the molecule is CN(C)c1ccc(C(=O)N[C@@H](Cc2ccccn2)C2CC(O)C2)cn1. The van der Waals surface area contributed by atoms with Crippen LogP contribution in [0.25, 0.3) is 0 Å². The third-order valence-corrected chi connectivity index (χ3v) is 4.66. The van der Waals surface area contributed by atoms with Crippen LogP contribution in [0.2, 0.25) is 0 Å². The van der Waals surface area contributed by atoms with Gasteiger partial charge in [-0.2, -0.15) is 0 Å². The van der Waals surface area contributed by atoms with Crippen molar-refractivity contribution in [3.05, 3.63) is 54.0 Å². The molecule has 1 aliphatic rings. The molecule has 0 aliphatic heterocycles. The van der Waals surface area contributed by atoms with Crippen molar-refractivity contribution in [3.63, 3.8) is 0 Å². The molecule has 1 amide bonds. The van der Waals surface area contributed by atoms with Gasteiger partial charge < -0.3 is 15.3 Å². The Morgan fingerprint density at radius 1 is 1.28 bits per heavy atom. The number of aliphatic hydroxyl groups is 1. The average Bonchev–Trinajstić information content (AvgIpc) is 2.59. The van der Waals surface area contributed by atoms with Crippen molar-refractivity contribution in [2.24, 2.45) is 5.92 Å². The molecular weight excluding hydrogens is 316 g/mol. The first kappa shape index (κ1) is 17.4. The van der Waals surface area contributed by atoms with Gasteiger partial charge in [0.15, 0.2) is 0 Å². The summed E-state index contributed by atoms with van der Waals surface area (Å²) in [5.74, 6) is 0.943. The molecule has 2 heterocycles. The quantitative estimate of drug-likeness (QED) is 0.836. The third kappa shape index (κ3) is 4.33. The van der Waals surface area contributed by atoms with Crippen molar-refractivity contribution in [2.75, 3.05) is 19.0 Å². The number of nitrogens with zero attached hydrogens (tertiary/aromatic N) is 3. The van der Waals surface area contributed by atoms with Gasteiger partial charge in [0.05, 0.1) is 11.7 Å². The molecule has 2 aromatic rings. The van der Waals surface area contributed by atoms with E-state index in [1.165, 1.54) is 0 Å². The number of amides is 1. The van der Waals surface area contributed by atoms with E-state index in [2.05, 4.69) is 15.3 Å². The lowest BCUT2D eigenvalue weighted by atomic mass is 9.76. The number of pyridine rings is 2. The average molecular weight is 340 g/mol. The van der Waals surface area contributed by atoms with Crippen LogP contribution in [0, 0.1) is 5.92 Å². The van der Waals surface area contributed by atoms with E-state index >= 15 is 0 Å². The highest BCUT2D eigenvalue weighted by Gasteiger charge is 2.35. The molecule has 0 aromatic carbocycles. The van der Waals surface area contributed by atoms with E-state index < -0.39 is 0 Å². The highest BCUT2D eigenvalue weighted by Crippen LogP contribution is 2.31. The monoisotopic (exact) mass is 340 g/mol. The minimum absolute atomic E-state index is 0.0423. The van der Waals surface area contributed by atoms with Gasteiger partial charge in [-0.3, -0.25) is 9.78 Å². The number of nitrogens with one attached hydrogen (secondary N) is 1. The van der Waals surface area contributed by atoms with E-state index in [4.69, 9.17) is 0 Å². The first-order chi connectivity index (χ1) is 12.0. The van der Waals surface area contributed by atoms with Gasteiger partial charge in [-0.1, -0.05) is 6.07 Å². The minimum Gasteiger partial charge on any atom is -0.393 e. The molecule has 0 bridgehead atoms. The maximum atomic E-state index is 12.6. The second-order valence-electron chi connectivity index (χ2n) is 6.79. The predicted molar refractivity (Wildman–Crippen MR) is 96.5 cm³/mol. The van der Waals surface area contributed by atoms with Gasteiger partial charge >= 0.3 is 0 Å². The van der Waals surface area contributed by atoms with Crippen molar-refractivity contribution in [2.45, 2.75) is 31.4 Å². The molecule has 0 radical (unpaired) electrons. The Labute approximate surface area is 147 Å². The molecule has 6 heteroatoms. The van der Waals surface area contributed by atoms with Crippen LogP contribution in [0.5, 0.6) is 0 Å². The molecule has 2 aromatic heterocycles. The second-order valence-corrected chi connectivity index (χ2v) is 6.79. The summed E-state index contributed by atoms with van der Waals surface area (Å²) in [6.45, 7) is 0. The van der Waals surface area contributed by atoms with Gasteiger partial charge in [-0.05, 0) is 43.0 Å². The number of aliphatic hydroxyl groups excluding tert-OH is 1. The highest BCUT2D eigenvalue weighted by molar-refractivity contribution is 5.94. The van der Waals surface area contributed by atoms with Crippen LogP contribution in [-0.2, 0) is 6.42 Å². The zero-order valence-electron chi connectivity index (χ0n) is 14.6. The van der Waals surface area contributed by atoms with Crippen molar-refractivity contribution < 1.29 is 9.90 Å². The Hall–Kier alpha value is -2.47. The number of carbonyl (C=O) groups excluding carboxylic acids is 1.